The third kappa shape index (κ3) is 14.0. The van der Waals surface area contributed by atoms with E-state index in [1.807, 2.05) is 36.2 Å². The molecule has 2 aromatic rings. The van der Waals surface area contributed by atoms with Crippen molar-refractivity contribution in [1.29, 1.82) is 5.26 Å². The fraction of sp³-hybridized carbons (Fsp3) is 0.586. The van der Waals surface area contributed by atoms with Gasteiger partial charge in [-0.15, -0.1) is 22.9 Å². The van der Waals surface area contributed by atoms with Gasteiger partial charge in [0.1, 0.15) is 28.9 Å². The van der Waals surface area contributed by atoms with Crippen LogP contribution in [0.3, 0.4) is 0 Å². The van der Waals surface area contributed by atoms with E-state index in [0.717, 1.165) is 48.2 Å². The van der Waals surface area contributed by atoms with Crippen LogP contribution in [0.2, 0.25) is 0 Å². The first-order valence-electron chi connectivity index (χ1n) is 13.7. The van der Waals surface area contributed by atoms with Gasteiger partial charge in [0.2, 0.25) is 0 Å². The number of nitrogens with zero attached hydrogens (tertiary/aromatic N) is 3. The van der Waals surface area contributed by atoms with E-state index in [1.54, 1.807) is 20.8 Å². The van der Waals surface area contributed by atoms with Crippen molar-refractivity contribution in [3.05, 3.63) is 28.8 Å². The number of esters is 1. The molecule has 12 heteroatoms. The first kappa shape index (κ1) is 34.3. The van der Waals surface area contributed by atoms with Crippen LogP contribution in [0.15, 0.2) is 23.8 Å². The SMILES string of the molecule is CN(CCOC(=O)NCCOCCOCCCCCCCl)c1ccc2nc(/C=C(\C#N)C(=O)OC(C)(C)C)sc2c1. The molecule has 0 fully saturated rings. The highest BCUT2D eigenvalue weighted by Gasteiger charge is 2.20. The maximum absolute atomic E-state index is 12.3. The number of anilines is 1. The van der Waals surface area contributed by atoms with Crippen LogP contribution in [-0.2, 0) is 23.7 Å². The Morgan fingerprint density at radius 3 is 2.54 bits per heavy atom. The van der Waals surface area contributed by atoms with Crippen LogP contribution in [0.4, 0.5) is 10.5 Å². The van der Waals surface area contributed by atoms with Crippen LogP contribution < -0.4 is 10.2 Å². The van der Waals surface area contributed by atoms with Crippen LogP contribution in [0.25, 0.3) is 16.3 Å². The third-order valence-corrected chi connectivity index (χ3v) is 6.79. The summed E-state index contributed by atoms with van der Waals surface area (Å²) in [5.74, 6) is 0.0348. The number of likely N-dealkylation sites (N-methyl/N-ethyl adjacent to an activating group) is 1. The van der Waals surface area contributed by atoms with Crippen molar-refractivity contribution in [2.45, 2.75) is 52.1 Å². The molecule has 0 aliphatic carbocycles. The van der Waals surface area contributed by atoms with Crippen molar-refractivity contribution in [2.24, 2.45) is 0 Å². The number of aromatic nitrogens is 1. The standard InChI is InChI=1S/C29H41ClN4O6S/c1-29(2,3)40-27(35)22(21-31)19-26-33-24-10-9-23(20-25(24)41-26)34(4)13-16-39-28(36)32-12-15-38-18-17-37-14-8-6-5-7-11-30/h9-10,19-20H,5-8,11-18H2,1-4H3,(H,32,36)/b22-19+. The Morgan fingerprint density at radius 1 is 1.10 bits per heavy atom. The molecule has 0 saturated carbocycles. The Balaban J connectivity index is 1.68. The summed E-state index contributed by atoms with van der Waals surface area (Å²) < 4.78 is 22.4. The van der Waals surface area contributed by atoms with Gasteiger partial charge in [-0.3, -0.25) is 0 Å². The number of ether oxygens (including phenoxy) is 4. The fourth-order valence-corrected chi connectivity index (χ4v) is 4.61. The van der Waals surface area contributed by atoms with E-state index in [9.17, 15) is 14.9 Å². The molecule has 0 bridgehead atoms. The molecule has 0 radical (unpaired) electrons. The minimum Gasteiger partial charge on any atom is -0.456 e. The quantitative estimate of drug-likeness (QED) is 0.0763. The highest BCUT2D eigenvalue weighted by molar-refractivity contribution is 7.19. The molecule has 41 heavy (non-hydrogen) atoms. The number of hydrogen-bond donors (Lipinski definition) is 1. The zero-order chi connectivity index (χ0) is 30.1. The summed E-state index contributed by atoms with van der Waals surface area (Å²) in [6.45, 7) is 8.40. The van der Waals surface area contributed by atoms with E-state index in [1.165, 1.54) is 17.4 Å². The van der Waals surface area contributed by atoms with Crippen LogP contribution in [0.1, 0.15) is 51.5 Å². The number of thiazole rings is 1. The normalized spacial score (nSPS) is 11.8. The number of carbonyl (C=O) groups excluding carboxylic acids is 2. The average Bonchev–Trinajstić information content (AvgIpc) is 3.33. The van der Waals surface area contributed by atoms with Gasteiger partial charge in [0.15, 0.2) is 0 Å². The number of unbranched alkanes of at least 4 members (excludes halogenated alkanes) is 3. The summed E-state index contributed by atoms with van der Waals surface area (Å²) in [6.07, 6.45) is 5.28. The Morgan fingerprint density at radius 2 is 1.83 bits per heavy atom. The van der Waals surface area contributed by atoms with Gasteiger partial charge in [-0.2, -0.15) is 5.26 Å². The average molecular weight is 609 g/mol. The molecule has 1 amide bonds. The van der Waals surface area contributed by atoms with Gasteiger partial charge in [0, 0.05) is 31.8 Å². The van der Waals surface area contributed by atoms with Gasteiger partial charge in [-0.05, 0) is 57.9 Å². The first-order chi connectivity index (χ1) is 19.6. The molecule has 0 spiro atoms. The lowest BCUT2D eigenvalue weighted by molar-refractivity contribution is -0.149. The number of hydrogen-bond acceptors (Lipinski definition) is 10. The van der Waals surface area contributed by atoms with Crippen LogP contribution >= 0.6 is 22.9 Å². The van der Waals surface area contributed by atoms with Crippen molar-refractivity contribution >= 4 is 57.0 Å². The van der Waals surface area contributed by atoms with Crippen molar-refractivity contribution in [1.82, 2.24) is 10.3 Å². The number of fused-ring (bicyclic) bond motifs is 1. The van der Waals surface area contributed by atoms with E-state index in [2.05, 4.69) is 10.3 Å². The molecule has 1 heterocycles. The lowest BCUT2D eigenvalue weighted by Crippen LogP contribution is -2.31. The largest absolute Gasteiger partial charge is 0.456 e. The topological polar surface area (TPSA) is 123 Å². The van der Waals surface area contributed by atoms with Crippen molar-refractivity contribution in [3.63, 3.8) is 0 Å². The van der Waals surface area contributed by atoms with Crippen LogP contribution in [0, 0.1) is 11.3 Å². The Bertz CT molecular complexity index is 1170. The van der Waals surface area contributed by atoms with E-state index >= 15 is 0 Å². The van der Waals surface area contributed by atoms with E-state index < -0.39 is 17.7 Å². The summed E-state index contributed by atoms with van der Waals surface area (Å²) in [5.41, 5.74) is 0.868. The van der Waals surface area contributed by atoms with Crippen LogP contribution in [-0.4, -0.2) is 81.7 Å². The number of rotatable bonds is 18. The summed E-state index contributed by atoms with van der Waals surface area (Å²) in [7, 11) is 1.90. The molecule has 10 nitrogen and oxygen atoms in total. The van der Waals surface area contributed by atoms with Gasteiger partial charge in [0.25, 0.3) is 0 Å². The van der Waals surface area contributed by atoms with Crippen molar-refractivity contribution < 1.29 is 28.5 Å². The van der Waals surface area contributed by atoms with Crippen molar-refractivity contribution in [3.8, 4) is 6.07 Å². The van der Waals surface area contributed by atoms with E-state index in [4.69, 9.17) is 30.5 Å². The second-order valence-corrected chi connectivity index (χ2v) is 11.6. The number of amides is 1. The number of alkyl carbamates (subject to hydrolysis) is 1. The smallest absolute Gasteiger partial charge is 0.407 e. The molecule has 0 unspecified atom stereocenters. The highest BCUT2D eigenvalue weighted by atomic mass is 35.5. The van der Waals surface area contributed by atoms with E-state index in [-0.39, 0.29) is 12.2 Å². The molecule has 2 rings (SSSR count). The number of halogens is 1. The monoisotopic (exact) mass is 608 g/mol. The highest BCUT2D eigenvalue weighted by Crippen LogP contribution is 2.28. The van der Waals surface area contributed by atoms with Gasteiger partial charge < -0.3 is 29.2 Å². The van der Waals surface area contributed by atoms with Crippen LogP contribution in [0.5, 0.6) is 0 Å². The fourth-order valence-electron chi connectivity index (χ4n) is 3.48. The van der Waals surface area contributed by atoms with Gasteiger partial charge in [-0.1, -0.05) is 12.8 Å². The molecule has 0 saturated heterocycles. The summed E-state index contributed by atoms with van der Waals surface area (Å²) in [6, 6.07) is 7.65. The number of carbonyl (C=O) groups is 2. The predicted octanol–water partition coefficient (Wildman–Crippen LogP) is 5.54. The second kappa shape index (κ2) is 18.5. The minimum absolute atomic E-state index is 0.104. The second-order valence-electron chi connectivity index (χ2n) is 10.2. The zero-order valence-corrected chi connectivity index (χ0v) is 25.9. The van der Waals surface area contributed by atoms with Gasteiger partial charge in [-0.25, -0.2) is 14.6 Å². The molecule has 0 aliphatic heterocycles. The number of alkyl halides is 1. The maximum atomic E-state index is 12.3. The molecule has 1 aromatic carbocycles. The Labute approximate surface area is 251 Å². The molecule has 226 valence electrons. The molecule has 1 aromatic heterocycles. The molecule has 0 aliphatic rings. The van der Waals surface area contributed by atoms with Crippen molar-refractivity contribution in [2.75, 3.05) is 64.0 Å². The lowest BCUT2D eigenvalue weighted by Gasteiger charge is -2.19. The molecular formula is C29H41ClN4O6S. The number of nitrogens with one attached hydrogen (secondary N) is 1. The lowest BCUT2D eigenvalue weighted by atomic mass is 10.2. The Kier molecular flexibility index (Phi) is 15.5. The number of nitriles is 1. The Hall–Kier alpha value is -2.91. The maximum Gasteiger partial charge on any atom is 0.407 e. The van der Waals surface area contributed by atoms with E-state index in [0.29, 0.717) is 43.8 Å². The first-order valence-corrected chi connectivity index (χ1v) is 15.1. The zero-order valence-electron chi connectivity index (χ0n) is 24.4. The van der Waals surface area contributed by atoms with Gasteiger partial charge in [0.05, 0.1) is 36.6 Å². The third-order valence-electron chi connectivity index (χ3n) is 5.56. The summed E-state index contributed by atoms with van der Waals surface area (Å²) in [4.78, 5) is 30.7. The minimum atomic E-state index is -0.696. The predicted molar refractivity (Wildman–Crippen MR) is 163 cm³/mol. The number of benzene rings is 1. The molecular weight excluding hydrogens is 568 g/mol. The summed E-state index contributed by atoms with van der Waals surface area (Å²) in [5, 5.41) is 12.6. The summed E-state index contributed by atoms with van der Waals surface area (Å²) >= 11 is 7.02. The molecule has 1 N–H and O–H groups in total. The molecule has 0 atom stereocenters. The van der Waals surface area contributed by atoms with Gasteiger partial charge >= 0.3 is 12.1 Å².